The summed E-state index contributed by atoms with van der Waals surface area (Å²) < 4.78 is 0. The number of amides is 1. The van der Waals surface area contributed by atoms with Crippen LogP contribution in [0.5, 0.6) is 0 Å². The van der Waals surface area contributed by atoms with Crippen LogP contribution in [0, 0.1) is 0 Å². The molecular weight excluding hydrogens is 212 g/mol. The molecule has 0 radical (unpaired) electrons. The predicted molar refractivity (Wildman–Crippen MR) is 65.0 cm³/mol. The molecule has 0 spiro atoms. The van der Waals surface area contributed by atoms with E-state index in [1.807, 2.05) is 20.8 Å². The summed E-state index contributed by atoms with van der Waals surface area (Å²) in [6.45, 7) is 11.8. The number of halogens is 1. The Hall–Kier alpha value is -0.540. The fraction of sp³-hybridized carbons (Fsp3) is 0.727. The summed E-state index contributed by atoms with van der Waals surface area (Å²) in [5.74, 6) is -0.0141. The molecule has 0 bridgehead atoms. The zero-order valence-electron chi connectivity index (χ0n) is 9.98. The molecule has 0 aliphatic heterocycles. The molecule has 0 aromatic carbocycles. The van der Waals surface area contributed by atoms with Gasteiger partial charge in [-0.05, 0) is 27.2 Å². The smallest absolute Gasteiger partial charge is 0.237 e. The van der Waals surface area contributed by atoms with Gasteiger partial charge in [0.25, 0.3) is 0 Å². The van der Waals surface area contributed by atoms with Gasteiger partial charge >= 0.3 is 0 Å². The fourth-order valence-electron chi connectivity index (χ4n) is 0.887. The van der Waals surface area contributed by atoms with E-state index < -0.39 is 0 Å². The van der Waals surface area contributed by atoms with Crippen molar-refractivity contribution in [2.75, 3.05) is 6.54 Å². The van der Waals surface area contributed by atoms with Crippen molar-refractivity contribution >= 4 is 17.5 Å². The Morgan fingerprint density at radius 2 is 2.07 bits per heavy atom. The van der Waals surface area contributed by atoms with Gasteiger partial charge in [0.15, 0.2) is 0 Å². The van der Waals surface area contributed by atoms with Gasteiger partial charge in [0.2, 0.25) is 5.91 Å². The Morgan fingerprint density at radius 1 is 1.53 bits per heavy atom. The molecule has 0 rings (SSSR count). The molecule has 88 valence electrons. The van der Waals surface area contributed by atoms with E-state index in [1.54, 1.807) is 6.92 Å². The summed E-state index contributed by atoms with van der Waals surface area (Å²) in [6, 6.07) is -0.258. The number of hydrogen-bond donors (Lipinski definition) is 2. The Balaban J connectivity index is 4.04. The first-order valence-electron chi connectivity index (χ1n) is 5.17. The molecule has 1 atom stereocenters. The van der Waals surface area contributed by atoms with Gasteiger partial charge < -0.3 is 10.6 Å². The van der Waals surface area contributed by atoms with Crippen molar-refractivity contribution in [1.29, 1.82) is 0 Å². The zero-order chi connectivity index (χ0) is 12.1. The van der Waals surface area contributed by atoms with Crippen LogP contribution in [0.3, 0.4) is 0 Å². The molecule has 0 aromatic heterocycles. The molecule has 3 nitrogen and oxygen atoms in total. The molecule has 0 heterocycles. The maximum absolute atomic E-state index is 11.7. The number of hydrogen-bond acceptors (Lipinski definition) is 2. The van der Waals surface area contributed by atoms with Gasteiger partial charge in [0.1, 0.15) is 0 Å². The van der Waals surface area contributed by atoms with Crippen LogP contribution in [0.4, 0.5) is 0 Å². The number of carbonyl (C=O) groups is 1. The van der Waals surface area contributed by atoms with Gasteiger partial charge in [-0.15, -0.1) is 0 Å². The Bertz CT molecular complexity index is 239. The summed E-state index contributed by atoms with van der Waals surface area (Å²) in [5, 5.41) is 6.44. The standard InChI is InChI=1S/C11H21ClN2O/c1-6-11(4,5)14-10(15)9(3)13-7-8(2)12/h9,13H,2,6-7H2,1,3-5H3,(H,14,15). The molecule has 4 heteroatoms. The van der Waals surface area contributed by atoms with Crippen molar-refractivity contribution in [2.45, 2.75) is 45.7 Å². The van der Waals surface area contributed by atoms with Crippen molar-refractivity contribution in [3.05, 3.63) is 11.6 Å². The Morgan fingerprint density at radius 3 is 2.47 bits per heavy atom. The van der Waals surface area contributed by atoms with Crippen LogP contribution in [0.2, 0.25) is 0 Å². The monoisotopic (exact) mass is 232 g/mol. The first kappa shape index (κ1) is 14.5. The summed E-state index contributed by atoms with van der Waals surface area (Å²) in [6.07, 6.45) is 0.897. The molecule has 15 heavy (non-hydrogen) atoms. The SMILES string of the molecule is C=C(Cl)CNC(C)C(=O)NC(C)(C)CC. The highest BCUT2D eigenvalue weighted by Gasteiger charge is 2.21. The topological polar surface area (TPSA) is 41.1 Å². The van der Waals surface area contributed by atoms with Gasteiger partial charge in [-0.1, -0.05) is 25.1 Å². The minimum atomic E-state index is -0.258. The van der Waals surface area contributed by atoms with Crippen LogP contribution >= 0.6 is 11.6 Å². The molecule has 0 saturated heterocycles. The largest absolute Gasteiger partial charge is 0.350 e. The average Bonchev–Trinajstić information content (AvgIpc) is 2.13. The third kappa shape index (κ3) is 6.52. The van der Waals surface area contributed by atoms with E-state index in [0.29, 0.717) is 11.6 Å². The molecule has 1 unspecified atom stereocenters. The highest BCUT2D eigenvalue weighted by atomic mass is 35.5. The van der Waals surface area contributed by atoms with E-state index in [9.17, 15) is 4.79 Å². The van der Waals surface area contributed by atoms with Gasteiger partial charge in [-0.2, -0.15) is 0 Å². The highest BCUT2D eigenvalue weighted by Crippen LogP contribution is 2.07. The van der Waals surface area contributed by atoms with E-state index in [1.165, 1.54) is 0 Å². The van der Waals surface area contributed by atoms with E-state index >= 15 is 0 Å². The molecule has 0 saturated carbocycles. The lowest BCUT2D eigenvalue weighted by Gasteiger charge is -2.26. The second kappa shape index (κ2) is 6.13. The molecule has 0 aliphatic carbocycles. The van der Waals surface area contributed by atoms with Gasteiger partial charge in [0, 0.05) is 17.1 Å². The van der Waals surface area contributed by atoms with Crippen LogP contribution in [0.25, 0.3) is 0 Å². The van der Waals surface area contributed by atoms with Crippen LogP contribution in [-0.2, 0) is 4.79 Å². The van der Waals surface area contributed by atoms with Crippen LogP contribution in [0.15, 0.2) is 11.6 Å². The molecule has 0 aliphatic rings. The second-order valence-electron chi connectivity index (χ2n) is 4.35. The summed E-state index contributed by atoms with van der Waals surface area (Å²) in [4.78, 5) is 11.7. The lowest BCUT2D eigenvalue weighted by atomic mass is 10.0. The van der Waals surface area contributed by atoms with Crippen molar-refractivity contribution in [2.24, 2.45) is 0 Å². The van der Waals surface area contributed by atoms with Crippen LogP contribution in [-0.4, -0.2) is 24.0 Å². The minimum Gasteiger partial charge on any atom is -0.350 e. The van der Waals surface area contributed by atoms with Gasteiger partial charge in [-0.25, -0.2) is 0 Å². The van der Waals surface area contributed by atoms with E-state index in [0.717, 1.165) is 6.42 Å². The number of rotatable bonds is 6. The fourth-order valence-corrected chi connectivity index (χ4v) is 0.964. The third-order valence-electron chi connectivity index (χ3n) is 2.34. The van der Waals surface area contributed by atoms with E-state index in [2.05, 4.69) is 17.2 Å². The Labute approximate surface area is 97.3 Å². The minimum absolute atomic E-state index is 0.0141. The first-order chi connectivity index (χ1) is 6.78. The molecule has 0 aromatic rings. The van der Waals surface area contributed by atoms with E-state index in [-0.39, 0.29) is 17.5 Å². The second-order valence-corrected chi connectivity index (χ2v) is 4.88. The predicted octanol–water partition coefficient (Wildman–Crippen LogP) is 2.02. The molecule has 0 fully saturated rings. The average molecular weight is 233 g/mol. The molecule has 2 N–H and O–H groups in total. The van der Waals surface area contributed by atoms with Crippen molar-refractivity contribution in [1.82, 2.24) is 10.6 Å². The molecular formula is C11H21ClN2O. The normalized spacial score (nSPS) is 13.4. The lowest BCUT2D eigenvalue weighted by molar-refractivity contribution is -0.124. The first-order valence-corrected chi connectivity index (χ1v) is 5.55. The third-order valence-corrected chi connectivity index (χ3v) is 2.47. The van der Waals surface area contributed by atoms with Crippen molar-refractivity contribution in [3.8, 4) is 0 Å². The van der Waals surface area contributed by atoms with E-state index in [4.69, 9.17) is 11.6 Å². The lowest BCUT2D eigenvalue weighted by Crippen LogP contribution is -2.50. The molecule has 1 amide bonds. The summed E-state index contributed by atoms with van der Waals surface area (Å²) in [5.41, 5.74) is -0.162. The number of carbonyl (C=O) groups excluding carboxylic acids is 1. The zero-order valence-corrected chi connectivity index (χ0v) is 10.7. The maximum atomic E-state index is 11.7. The van der Waals surface area contributed by atoms with Crippen LogP contribution in [0.1, 0.15) is 34.1 Å². The highest BCUT2D eigenvalue weighted by molar-refractivity contribution is 6.29. The maximum Gasteiger partial charge on any atom is 0.237 e. The van der Waals surface area contributed by atoms with Gasteiger partial charge in [0.05, 0.1) is 6.04 Å². The number of nitrogens with one attached hydrogen (secondary N) is 2. The summed E-state index contributed by atoms with van der Waals surface area (Å²) in [7, 11) is 0. The van der Waals surface area contributed by atoms with Crippen molar-refractivity contribution in [3.63, 3.8) is 0 Å². The quantitative estimate of drug-likeness (QED) is 0.736. The van der Waals surface area contributed by atoms with Gasteiger partial charge in [-0.3, -0.25) is 4.79 Å². The summed E-state index contributed by atoms with van der Waals surface area (Å²) >= 11 is 5.60. The van der Waals surface area contributed by atoms with Crippen molar-refractivity contribution < 1.29 is 4.79 Å². The van der Waals surface area contributed by atoms with Crippen LogP contribution < -0.4 is 10.6 Å². The Kier molecular flexibility index (Phi) is 5.91.